The van der Waals surface area contributed by atoms with E-state index in [9.17, 15) is 9.90 Å². The van der Waals surface area contributed by atoms with Crippen molar-refractivity contribution in [3.8, 4) is 0 Å². The van der Waals surface area contributed by atoms with Crippen molar-refractivity contribution in [2.45, 2.75) is 95.7 Å². The Hall–Kier alpha value is -1.51. The summed E-state index contributed by atoms with van der Waals surface area (Å²) in [6.07, 6.45) is 7.32. The molecule has 0 aromatic heterocycles. The summed E-state index contributed by atoms with van der Waals surface area (Å²) in [4.78, 5) is 15.6. The predicted molar refractivity (Wildman–Crippen MR) is 164 cm³/mol. The number of allylic oxidation sites excluding steroid dienone is 1. The van der Waals surface area contributed by atoms with Crippen molar-refractivity contribution >= 4 is 19.8 Å². The molecule has 6 rings (SSSR count). The molecule has 5 aliphatic rings. The maximum Gasteiger partial charge on any atom is 0.184 e. The number of carbonyl (C=O) groups is 1. The Balaban J connectivity index is 1.48. The van der Waals surface area contributed by atoms with Gasteiger partial charge in [-0.1, -0.05) is 30.2 Å². The van der Waals surface area contributed by atoms with Crippen molar-refractivity contribution in [1.29, 1.82) is 0 Å². The third kappa shape index (κ3) is 5.28. The van der Waals surface area contributed by atoms with Crippen LogP contribution in [0.2, 0.25) is 19.6 Å². The number of carbonyl (C=O) groups excluding carboxylic acids is 1. The van der Waals surface area contributed by atoms with Crippen LogP contribution in [-0.2, 0) is 18.7 Å². The quantitative estimate of drug-likeness (QED) is 0.301. The zero-order valence-electron chi connectivity index (χ0n) is 26.1. The van der Waals surface area contributed by atoms with Crippen LogP contribution in [0.1, 0.15) is 69.8 Å². The van der Waals surface area contributed by atoms with Crippen LogP contribution < -0.4 is 4.90 Å². The molecule has 4 fully saturated rings. The summed E-state index contributed by atoms with van der Waals surface area (Å²) < 4.78 is 19.7. The van der Waals surface area contributed by atoms with Crippen molar-refractivity contribution in [3.05, 3.63) is 41.0 Å². The lowest BCUT2D eigenvalue weighted by molar-refractivity contribution is -0.183. The molecule has 0 radical (unpaired) electrons. The maximum atomic E-state index is 13.5. The molecule has 0 bridgehead atoms. The van der Waals surface area contributed by atoms with Crippen LogP contribution in [0, 0.1) is 29.1 Å². The monoisotopic (exact) mass is 581 g/mol. The fourth-order valence-corrected chi connectivity index (χ4v) is 10.8. The molecule has 41 heavy (non-hydrogen) atoms. The number of aliphatic hydroxyl groups excluding tert-OH is 1. The molecular weight excluding hydrogens is 530 g/mol. The average molecular weight is 582 g/mol. The first-order valence-corrected chi connectivity index (χ1v) is 19.4. The van der Waals surface area contributed by atoms with Crippen molar-refractivity contribution in [2.75, 3.05) is 38.8 Å². The molecule has 7 atom stereocenters. The predicted octanol–water partition coefficient (Wildman–Crippen LogP) is 6.30. The molecule has 1 heterocycles. The molecule has 0 amide bonds. The van der Waals surface area contributed by atoms with Gasteiger partial charge in [-0.3, -0.25) is 4.79 Å². The van der Waals surface area contributed by atoms with E-state index in [0.717, 1.165) is 44.9 Å². The van der Waals surface area contributed by atoms with Gasteiger partial charge in [0.05, 0.1) is 19.3 Å². The van der Waals surface area contributed by atoms with Crippen LogP contribution in [0.25, 0.3) is 0 Å². The number of hydrogen-bond acceptors (Lipinski definition) is 6. The smallest absolute Gasteiger partial charge is 0.184 e. The van der Waals surface area contributed by atoms with E-state index in [1.807, 2.05) is 0 Å². The number of anilines is 1. The SMILES string of the molecule is CN(C)c1ccc([C@H]2C[C@]3(C)[C@@H](C(=O)CCO)CC[C@H]3[C@H]3C2=C2CCC4(CC2C[C@H]3O[Si](C)(C)C)OCCO4)cc1. The topological polar surface area (TPSA) is 68.2 Å². The second-order valence-corrected chi connectivity index (χ2v) is 19.4. The minimum absolute atomic E-state index is 0.00918. The molecule has 6 nitrogen and oxygen atoms in total. The Labute approximate surface area is 247 Å². The molecule has 226 valence electrons. The van der Waals surface area contributed by atoms with Crippen LogP contribution in [-0.4, -0.2) is 65.0 Å². The highest BCUT2D eigenvalue weighted by Crippen LogP contribution is 2.67. The number of aliphatic hydroxyl groups is 1. The summed E-state index contributed by atoms with van der Waals surface area (Å²) in [7, 11) is 2.33. The van der Waals surface area contributed by atoms with E-state index in [4.69, 9.17) is 13.9 Å². The van der Waals surface area contributed by atoms with Gasteiger partial charge in [0.15, 0.2) is 14.1 Å². The van der Waals surface area contributed by atoms with Gasteiger partial charge < -0.3 is 23.9 Å². The van der Waals surface area contributed by atoms with Crippen molar-refractivity contribution in [2.24, 2.45) is 29.1 Å². The van der Waals surface area contributed by atoms with Gasteiger partial charge in [-0.2, -0.15) is 0 Å². The summed E-state index contributed by atoms with van der Waals surface area (Å²) >= 11 is 0. The first-order valence-electron chi connectivity index (χ1n) is 16.0. The van der Waals surface area contributed by atoms with Crippen molar-refractivity contribution in [3.63, 3.8) is 0 Å². The zero-order chi connectivity index (χ0) is 29.2. The molecule has 3 saturated carbocycles. The van der Waals surface area contributed by atoms with E-state index in [2.05, 4.69) is 69.8 Å². The highest BCUT2D eigenvalue weighted by atomic mass is 28.4. The number of Topliss-reactive ketones (excluding diaryl/α,β-unsaturated/α-hetero) is 1. The van der Waals surface area contributed by atoms with Crippen LogP contribution >= 0.6 is 0 Å². The molecule has 1 aromatic carbocycles. The van der Waals surface area contributed by atoms with Crippen LogP contribution in [0.5, 0.6) is 0 Å². The number of benzene rings is 1. The third-order valence-electron chi connectivity index (χ3n) is 11.2. The van der Waals surface area contributed by atoms with Crippen molar-refractivity contribution in [1.82, 2.24) is 0 Å². The molecule has 1 spiro atoms. The van der Waals surface area contributed by atoms with Gasteiger partial charge in [0.2, 0.25) is 0 Å². The Morgan fingerprint density at radius 1 is 1.10 bits per heavy atom. The van der Waals surface area contributed by atoms with Crippen LogP contribution in [0.4, 0.5) is 5.69 Å². The van der Waals surface area contributed by atoms with E-state index < -0.39 is 14.1 Å². The van der Waals surface area contributed by atoms with Gasteiger partial charge in [0.1, 0.15) is 5.78 Å². The largest absolute Gasteiger partial charge is 0.414 e. The van der Waals surface area contributed by atoms with E-state index in [0.29, 0.717) is 31.0 Å². The number of rotatable bonds is 7. The van der Waals surface area contributed by atoms with Gasteiger partial charge in [-0.05, 0) is 86.7 Å². The molecule has 1 aliphatic heterocycles. The maximum absolute atomic E-state index is 13.5. The summed E-state index contributed by atoms with van der Waals surface area (Å²) in [5.74, 6) is 1.27. The Bertz CT molecular complexity index is 1170. The first kappa shape index (κ1) is 29.6. The molecule has 1 N–H and O–H groups in total. The lowest BCUT2D eigenvalue weighted by atomic mass is 9.50. The normalized spacial score (nSPS) is 36.2. The number of fused-ring (bicyclic) bond motifs is 4. The molecule has 7 heteroatoms. The molecule has 1 aromatic rings. The standard InChI is InChI=1S/C34H51NO5Si/c1-33-21-26(22-7-9-24(10-8-22)35(2)3)31-25-13-15-34(38-17-18-39-34)20-23(25)19-30(40-41(4,5)6)32(31)28(33)12-11-27(33)29(37)14-16-36/h7-10,23,26-28,30,32,36H,11-21H2,1-6H3/t23?,26-,27-,28+,30-,32-,33-/m1/s1. The molecule has 4 aliphatic carbocycles. The van der Waals surface area contributed by atoms with Gasteiger partial charge in [0.25, 0.3) is 0 Å². The lowest BCUT2D eigenvalue weighted by Gasteiger charge is -2.57. The van der Waals surface area contributed by atoms with E-state index in [1.165, 1.54) is 11.3 Å². The fraction of sp³-hybridized carbons (Fsp3) is 0.735. The Morgan fingerprint density at radius 2 is 1.80 bits per heavy atom. The van der Waals surface area contributed by atoms with Gasteiger partial charge in [0, 0.05) is 63.4 Å². The number of hydrogen-bond donors (Lipinski definition) is 1. The first-order chi connectivity index (χ1) is 19.4. The Kier molecular flexibility index (Phi) is 7.85. The number of ether oxygens (including phenoxy) is 2. The molecular formula is C34H51NO5Si. The third-order valence-corrected chi connectivity index (χ3v) is 12.2. The van der Waals surface area contributed by atoms with Gasteiger partial charge >= 0.3 is 0 Å². The molecule has 1 unspecified atom stereocenters. The van der Waals surface area contributed by atoms with Crippen LogP contribution in [0.3, 0.4) is 0 Å². The summed E-state index contributed by atoms with van der Waals surface area (Å²) in [6.45, 7) is 10.7. The lowest BCUT2D eigenvalue weighted by Crippen LogP contribution is -2.53. The highest BCUT2D eigenvalue weighted by Gasteiger charge is 2.61. The van der Waals surface area contributed by atoms with Crippen LogP contribution in [0.15, 0.2) is 35.4 Å². The second kappa shape index (κ2) is 10.9. The van der Waals surface area contributed by atoms with E-state index >= 15 is 0 Å². The highest BCUT2D eigenvalue weighted by molar-refractivity contribution is 6.69. The summed E-state index contributed by atoms with van der Waals surface area (Å²) in [6, 6.07) is 9.16. The summed E-state index contributed by atoms with van der Waals surface area (Å²) in [5.41, 5.74) is 5.74. The van der Waals surface area contributed by atoms with Gasteiger partial charge in [-0.15, -0.1) is 0 Å². The van der Waals surface area contributed by atoms with E-state index in [-0.39, 0.29) is 42.2 Å². The van der Waals surface area contributed by atoms with E-state index in [1.54, 1.807) is 11.1 Å². The second-order valence-electron chi connectivity index (χ2n) is 14.9. The minimum atomic E-state index is -1.85. The minimum Gasteiger partial charge on any atom is -0.414 e. The average Bonchev–Trinajstić information content (AvgIpc) is 3.51. The Morgan fingerprint density at radius 3 is 2.44 bits per heavy atom. The molecule has 1 saturated heterocycles. The van der Waals surface area contributed by atoms with Gasteiger partial charge in [-0.25, -0.2) is 0 Å². The van der Waals surface area contributed by atoms with Crippen molar-refractivity contribution < 1.29 is 23.8 Å². The summed E-state index contributed by atoms with van der Waals surface area (Å²) in [5, 5.41) is 9.68. The number of nitrogens with zero attached hydrogens (tertiary/aromatic N) is 1. The number of ketones is 1. The fourth-order valence-electron chi connectivity index (χ4n) is 9.66. The zero-order valence-corrected chi connectivity index (χ0v) is 27.1.